The molecule has 0 radical (unpaired) electrons. The lowest BCUT2D eigenvalue weighted by atomic mass is 10.1. The lowest BCUT2D eigenvalue weighted by Crippen LogP contribution is -2.47. The fraction of sp³-hybridized carbons (Fsp3) is 0.609. The number of hydrogen-bond acceptors (Lipinski definition) is 5. The number of halogens is 3. The fourth-order valence-electron chi connectivity index (χ4n) is 3.30. The van der Waals surface area contributed by atoms with Gasteiger partial charge in [0, 0.05) is 57.8 Å². The number of rotatable bonds is 9. The predicted molar refractivity (Wildman–Crippen MR) is 123 cm³/mol. The summed E-state index contributed by atoms with van der Waals surface area (Å²) >= 11 is 0. The van der Waals surface area contributed by atoms with E-state index < -0.39 is 12.1 Å². The van der Waals surface area contributed by atoms with Crippen LogP contribution in [0.5, 0.6) is 0 Å². The van der Waals surface area contributed by atoms with E-state index in [2.05, 4.69) is 24.1 Å². The molecule has 1 fully saturated rings. The Morgan fingerprint density at radius 1 is 1.00 bits per heavy atom. The van der Waals surface area contributed by atoms with Gasteiger partial charge in [-0.25, -0.2) is 4.79 Å². The van der Waals surface area contributed by atoms with Gasteiger partial charge in [0.25, 0.3) is 5.91 Å². The highest BCUT2D eigenvalue weighted by Crippen LogP contribution is 2.13. The van der Waals surface area contributed by atoms with Crippen molar-refractivity contribution in [2.24, 2.45) is 0 Å². The Kier molecular flexibility index (Phi) is 12.6. The Morgan fingerprint density at radius 2 is 1.53 bits per heavy atom. The fourth-order valence-corrected chi connectivity index (χ4v) is 3.30. The van der Waals surface area contributed by atoms with Crippen molar-refractivity contribution >= 4 is 17.8 Å². The number of carbonyl (C=O) groups excluding carboxylic acids is 2. The van der Waals surface area contributed by atoms with E-state index >= 15 is 0 Å². The molecule has 8 nitrogen and oxygen atoms in total. The second-order valence-electron chi connectivity index (χ2n) is 7.87. The molecule has 0 unspecified atom stereocenters. The SMILES string of the molecule is CCN(CC)CCN(CCC(=O)N1CCNCC1)C(=O)c1ccc(C)cc1.O=C(O)C(F)(F)F. The van der Waals surface area contributed by atoms with E-state index in [0.717, 1.165) is 51.4 Å². The van der Waals surface area contributed by atoms with Crippen LogP contribution in [0.25, 0.3) is 0 Å². The van der Waals surface area contributed by atoms with Gasteiger partial charge in [0.15, 0.2) is 0 Å². The maximum atomic E-state index is 13.0. The topological polar surface area (TPSA) is 93.2 Å². The van der Waals surface area contributed by atoms with E-state index in [1.807, 2.05) is 41.0 Å². The Hall–Kier alpha value is -2.66. The van der Waals surface area contributed by atoms with Crippen molar-refractivity contribution in [2.45, 2.75) is 33.4 Å². The molecule has 2 rings (SSSR count). The minimum atomic E-state index is -5.08. The van der Waals surface area contributed by atoms with E-state index in [1.54, 1.807) is 0 Å². The van der Waals surface area contributed by atoms with Crippen LogP contribution in [0.15, 0.2) is 24.3 Å². The number of nitrogens with one attached hydrogen (secondary N) is 1. The number of piperazine rings is 1. The van der Waals surface area contributed by atoms with Gasteiger partial charge >= 0.3 is 12.1 Å². The van der Waals surface area contributed by atoms with Crippen molar-refractivity contribution in [2.75, 3.05) is 58.9 Å². The van der Waals surface area contributed by atoms with E-state index in [-0.39, 0.29) is 11.8 Å². The average molecular weight is 489 g/mol. The summed E-state index contributed by atoms with van der Waals surface area (Å²) in [6.45, 7) is 13.3. The van der Waals surface area contributed by atoms with Crippen molar-refractivity contribution in [3.8, 4) is 0 Å². The van der Waals surface area contributed by atoms with Gasteiger partial charge < -0.3 is 25.1 Å². The van der Waals surface area contributed by atoms with Crippen LogP contribution < -0.4 is 5.32 Å². The molecule has 192 valence electrons. The van der Waals surface area contributed by atoms with E-state index in [0.29, 0.717) is 25.1 Å². The number of aryl methyl sites for hydroxylation is 1. The molecule has 1 heterocycles. The first-order valence-corrected chi connectivity index (χ1v) is 11.4. The Labute approximate surface area is 198 Å². The highest BCUT2D eigenvalue weighted by atomic mass is 19.4. The van der Waals surface area contributed by atoms with Crippen LogP contribution in [0.4, 0.5) is 13.2 Å². The molecule has 0 aliphatic carbocycles. The summed E-state index contributed by atoms with van der Waals surface area (Å²) in [4.78, 5) is 40.4. The lowest BCUT2D eigenvalue weighted by molar-refractivity contribution is -0.192. The van der Waals surface area contributed by atoms with E-state index in [9.17, 15) is 22.8 Å². The van der Waals surface area contributed by atoms with Gasteiger partial charge in [-0.1, -0.05) is 31.5 Å². The first kappa shape index (κ1) is 29.4. The zero-order valence-corrected chi connectivity index (χ0v) is 20.0. The molecule has 34 heavy (non-hydrogen) atoms. The van der Waals surface area contributed by atoms with Crippen LogP contribution in [0.3, 0.4) is 0 Å². The Balaban J connectivity index is 0.000000718. The minimum Gasteiger partial charge on any atom is -0.475 e. The molecule has 0 bridgehead atoms. The number of alkyl halides is 3. The van der Waals surface area contributed by atoms with Crippen LogP contribution in [-0.2, 0) is 9.59 Å². The van der Waals surface area contributed by atoms with Crippen LogP contribution in [0.2, 0.25) is 0 Å². The molecule has 1 aromatic rings. The summed E-state index contributed by atoms with van der Waals surface area (Å²) in [6.07, 6.45) is -4.70. The quantitative estimate of drug-likeness (QED) is 0.554. The third kappa shape index (κ3) is 10.5. The molecule has 2 amide bonds. The number of benzene rings is 1. The average Bonchev–Trinajstić information content (AvgIpc) is 2.81. The number of hydrogen-bond donors (Lipinski definition) is 2. The highest BCUT2D eigenvalue weighted by Gasteiger charge is 2.38. The van der Waals surface area contributed by atoms with Gasteiger partial charge in [0.1, 0.15) is 0 Å². The molecule has 2 N–H and O–H groups in total. The number of amides is 2. The summed E-state index contributed by atoms with van der Waals surface area (Å²) in [6, 6.07) is 7.67. The third-order valence-corrected chi connectivity index (χ3v) is 5.47. The van der Waals surface area contributed by atoms with Gasteiger partial charge in [0.05, 0.1) is 0 Å². The number of carbonyl (C=O) groups is 3. The largest absolute Gasteiger partial charge is 0.490 e. The number of likely N-dealkylation sites (N-methyl/N-ethyl adjacent to an activating group) is 1. The normalized spacial score (nSPS) is 13.8. The molecule has 0 saturated carbocycles. The van der Waals surface area contributed by atoms with Crippen molar-refractivity contribution < 1.29 is 32.7 Å². The molecular weight excluding hydrogens is 453 g/mol. The number of carboxylic acid groups (broad SMARTS) is 1. The van der Waals surface area contributed by atoms with E-state index in [4.69, 9.17) is 9.90 Å². The summed E-state index contributed by atoms with van der Waals surface area (Å²) in [7, 11) is 0. The van der Waals surface area contributed by atoms with Crippen molar-refractivity contribution in [1.29, 1.82) is 0 Å². The number of carboxylic acids is 1. The highest BCUT2D eigenvalue weighted by molar-refractivity contribution is 5.94. The van der Waals surface area contributed by atoms with Crippen LogP contribution in [0.1, 0.15) is 36.2 Å². The monoisotopic (exact) mass is 488 g/mol. The lowest BCUT2D eigenvalue weighted by Gasteiger charge is -2.30. The van der Waals surface area contributed by atoms with Gasteiger partial charge in [-0.3, -0.25) is 9.59 Å². The molecule has 1 aliphatic rings. The predicted octanol–water partition coefficient (Wildman–Crippen LogP) is 2.23. The molecule has 11 heteroatoms. The molecule has 0 spiro atoms. The van der Waals surface area contributed by atoms with Gasteiger partial charge in [0.2, 0.25) is 5.91 Å². The van der Waals surface area contributed by atoms with Gasteiger partial charge in [-0.2, -0.15) is 13.2 Å². The van der Waals surface area contributed by atoms with Crippen LogP contribution >= 0.6 is 0 Å². The smallest absolute Gasteiger partial charge is 0.475 e. The number of aliphatic carboxylic acids is 1. The molecular formula is C23H35F3N4O4. The first-order chi connectivity index (χ1) is 16.0. The maximum absolute atomic E-state index is 13.0. The van der Waals surface area contributed by atoms with Crippen molar-refractivity contribution in [3.63, 3.8) is 0 Å². The number of nitrogens with zero attached hydrogens (tertiary/aromatic N) is 3. The summed E-state index contributed by atoms with van der Waals surface area (Å²) in [5.41, 5.74) is 1.82. The second kappa shape index (κ2) is 14.6. The molecule has 0 atom stereocenters. The second-order valence-corrected chi connectivity index (χ2v) is 7.87. The molecule has 0 aromatic heterocycles. The molecule has 1 aromatic carbocycles. The first-order valence-electron chi connectivity index (χ1n) is 11.4. The van der Waals surface area contributed by atoms with Gasteiger partial charge in [-0.15, -0.1) is 0 Å². The Bertz CT molecular complexity index is 777. The van der Waals surface area contributed by atoms with Gasteiger partial charge in [-0.05, 0) is 32.1 Å². The van der Waals surface area contributed by atoms with E-state index in [1.165, 1.54) is 0 Å². The summed E-state index contributed by atoms with van der Waals surface area (Å²) in [5, 5.41) is 10.4. The standard InChI is InChI=1S/C21H34N4O2.C2HF3O2/c1-4-23(5-2)16-17-25(21(27)19-8-6-18(3)7-9-19)13-10-20(26)24-14-11-22-12-15-24;3-2(4,5)1(6)7/h6-9,22H,4-5,10-17H2,1-3H3;(H,6,7). The molecule has 1 aliphatic heterocycles. The Morgan fingerprint density at radius 3 is 2.00 bits per heavy atom. The summed E-state index contributed by atoms with van der Waals surface area (Å²) < 4.78 is 31.7. The zero-order chi connectivity index (χ0) is 25.7. The maximum Gasteiger partial charge on any atom is 0.490 e. The zero-order valence-electron chi connectivity index (χ0n) is 20.0. The molecule has 1 saturated heterocycles. The minimum absolute atomic E-state index is 0.00951. The van der Waals surface area contributed by atoms with Crippen molar-refractivity contribution in [1.82, 2.24) is 20.0 Å². The van der Waals surface area contributed by atoms with Crippen LogP contribution in [0, 0.1) is 6.92 Å². The third-order valence-electron chi connectivity index (χ3n) is 5.47. The van der Waals surface area contributed by atoms with Crippen LogP contribution in [-0.4, -0.2) is 103 Å². The van der Waals surface area contributed by atoms with Crippen molar-refractivity contribution in [3.05, 3.63) is 35.4 Å². The summed E-state index contributed by atoms with van der Waals surface area (Å²) in [5.74, 6) is -2.61.